The SMILES string of the molecule is CCCC=COC=CCCC. The molecule has 0 amide bonds. The zero-order valence-electron chi connectivity index (χ0n) is 7.55. The van der Waals surface area contributed by atoms with Gasteiger partial charge in [-0.1, -0.05) is 26.7 Å². The zero-order chi connectivity index (χ0) is 8.36. The van der Waals surface area contributed by atoms with E-state index in [2.05, 4.69) is 13.8 Å². The van der Waals surface area contributed by atoms with E-state index in [-0.39, 0.29) is 0 Å². The first-order valence-electron chi connectivity index (χ1n) is 4.37. The van der Waals surface area contributed by atoms with Crippen molar-refractivity contribution in [2.24, 2.45) is 0 Å². The predicted octanol–water partition coefficient (Wildman–Crippen LogP) is 3.63. The molecule has 64 valence electrons. The lowest BCUT2D eigenvalue weighted by atomic mass is 10.3. The van der Waals surface area contributed by atoms with Crippen LogP contribution in [0.2, 0.25) is 0 Å². The highest BCUT2D eigenvalue weighted by Crippen LogP contribution is 1.92. The van der Waals surface area contributed by atoms with Crippen molar-refractivity contribution in [2.75, 3.05) is 0 Å². The van der Waals surface area contributed by atoms with Gasteiger partial charge < -0.3 is 4.74 Å². The second kappa shape index (κ2) is 9.28. The molecule has 1 heteroatoms. The molecule has 0 rings (SSSR count). The maximum absolute atomic E-state index is 5.08. The van der Waals surface area contributed by atoms with Crippen molar-refractivity contribution >= 4 is 0 Å². The number of rotatable bonds is 6. The van der Waals surface area contributed by atoms with Gasteiger partial charge in [0.15, 0.2) is 0 Å². The van der Waals surface area contributed by atoms with Gasteiger partial charge in [-0.05, 0) is 25.0 Å². The van der Waals surface area contributed by atoms with Crippen LogP contribution in [0, 0.1) is 0 Å². The molecule has 0 aromatic rings. The van der Waals surface area contributed by atoms with Crippen LogP contribution in [0.4, 0.5) is 0 Å². The summed E-state index contributed by atoms with van der Waals surface area (Å²) in [6.07, 6.45) is 12.1. The second-order valence-corrected chi connectivity index (χ2v) is 2.46. The summed E-state index contributed by atoms with van der Waals surface area (Å²) >= 11 is 0. The van der Waals surface area contributed by atoms with Crippen LogP contribution in [0.25, 0.3) is 0 Å². The van der Waals surface area contributed by atoms with Crippen LogP contribution >= 0.6 is 0 Å². The van der Waals surface area contributed by atoms with E-state index in [0.29, 0.717) is 0 Å². The lowest BCUT2D eigenvalue weighted by Gasteiger charge is -1.88. The Kier molecular flexibility index (Phi) is 8.67. The Morgan fingerprint density at radius 1 is 0.909 bits per heavy atom. The largest absolute Gasteiger partial charge is 0.473 e. The predicted molar refractivity (Wildman–Crippen MR) is 49.2 cm³/mol. The number of hydrogen-bond acceptors (Lipinski definition) is 1. The second-order valence-electron chi connectivity index (χ2n) is 2.46. The van der Waals surface area contributed by atoms with Crippen molar-refractivity contribution in [2.45, 2.75) is 39.5 Å². The van der Waals surface area contributed by atoms with Gasteiger partial charge in [0.2, 0.25) is 0 Å². The Bertz CT molecular complexity index is 100. The van der Waals surface area contributed by atoms with Gasteiger partial charge in [-0.15, -0.1) is 0 Å². The normalized spacial score (nSPS) is 11.5. The Balaban J connectivity index is 3.11. The van der Waals surface area contributed by atoms with E-state index < -0.39 is 0 Å². The zero-order valence-corrected chi connectivity index (χ0v) is 7.55. The third-order valence-electron chi connectivity index (χ3n) is 1.26. The van der Waals surface area contributed by atoms with E-state index in [1.165, 1.54) is 12.8 Å². The van der Waals surface area contributed by atoms with Crippen LogP contribution < -0.4 is 0 Å². The van der Waals surface area contributed by atoms with Crippen LogP contribution in [0.15, 0.2) is 24.7 Å². The maximum Gasteiger partial charge on any atom is 0.0861 e. The lowest BCUT2D eigenvalue weighted by molar-refractivity contribution is 0.398. The minimum atomic E-state index is 1.10. The minimum Gasteiger partial charge on any atom is -0.473 e. The van der Waals surface area contributed by atoms with Crippen molar-refractivity contribution in [3.05, 3.63) is 24.7 Å². The van der Waals surface area contributed by atoms with E-state index in [1.54, 1.807) is 12.5 Å². The summed E-state index contributed by atoms with van der Waals surface area (Å²) in [6, 6.07) is 0. The minimum absolute atomic E-state index is 1.10. The van der Waals surface area contributed by atoms with E-state index in [9.17, 15) is 0 Å². The monoisotopic (exact) mass is 154 g/mol. The summed E-state index contributed by atoms with van der Waals surface area (Å²) < 4.78 is 5.08. The van der Waals surface area contributed by atoms with Gasteiger partial charge in [0, 0.05) is 0 Å². The standard InChI is InChI=1S/C10H18O/c1-3-5-7-9-11-10-8-6-4-2/h7-10H,3-6H2,1-2H3. The average molecular weight is 154 g/mol. The molecule has 0 N–H and O–H groups in total. The van der Waals surface area contributed by atoms with Crippen LogP contribution in [-0.2, 0) is 4.74 Å². The van der Waals surface area contributed by atoms with Gasteiger partial charge in [0.25, 0.3) is 0 Å². The van der Waals surface area contributed by atoms with Gasteiger partial charge in [-0.2, -0.15) is 0 Å². The summed E-state index contributed by atoms with van der Waals surface area (Å²) in [5.74, 6) is 0. The van der Waals surface area contributed by atoms with Gasteiger partial charge >= 0.3 is 0 Å². The fourth-order valence-corrected chi connectivity index (χ4v) is 0.626. The molecule has 11 heavy (non-hydrogen) atoms. The van der Waals surface area contributed by atoms with Gasteiger partial charge in [0.1, 0.15) is 0 Å². The molecule has 0 aliphatic heterocycles. The van der Waals surface area contributed by atoms with E-state index in [4.69, 9.17) is 4.74 Å². The van der Waals surface area contributed by atoms with Crippen molar-refractivity contribution in [3.63, 3.8) is 0 Å². The molecule has 0 bridgehead atoms. The highest BCUT2D eigenvalue weighted by atomic mass is 16.5. The van der Waals surface area contributed by atoms with E-state index in [0.717, 1.165) is 12.8 Å². The lowest BCUT2D eigenvalue weighted by Crippen LogP contribution is -1.67. The smallest absolute Gasteiger partial charge is 0.0861 e. The number of hydrogen-bond donors (Lipinski definition) is 0. The Labute approximate surface area is 69.8 Å². The van der Waals surface area contributed by atoms with Crippen molar-refractivity contribution in [3.8, 4) is 0 Å². The van der Waals surface area contributed by atoms with Gasteiger partial charge in [0.05, 0.1) is 12.5 Å². The van der Waals surface area contributed by atoms with Crippen molar-refractivity contribution < 1.29 is 4.74 Å². The van der Waals surface area contributed by atoms with Crippen molar-refractivity contribution in [1.29, 1.82) is 0 Å². The third-order valence-corrected chi connectivity index (χ3v) is 1.26. The summed E-state index contributed by atoms with van der Waals surface area (Å²) in [5, 5.41) is 0. The Hall–Kier alpha value is -0.720. The first-order valence-corrected chi connectivity index (χ1v) is 4.37. The van der Waals surface area contributed by atoms with Gasteiger partial charge in [-0.25, -0.2) is 0 Å². The molecule has 0 saturated heterocycles. The van der Waals surface area contributed by atoms with Crippen LogP contribution in [0.1, 0.15) is 39.5 Å². The number of unbranched alkanes of at least 4 members (excludes halogenated alkanes) is 2. The maximum atomic E-state index is 5.08. The molecular weight excluding hydrogens is 136 g/mol. The molecule has 1 nitrogen and oxygen atoms in total. The highest BCUT2D eigenvalue weighted by Gasteiger charge is 1.73. The molecule has 0 aliphatic rings. The average Bonchev–Trinajstić information content (AvgIpc) is 2.03. The topological polar surface area (TPSA) is 9.23 Å². The van der Waals surface area contributed by atoms with Crippen LogP contribution in [0.3, 0.4) is 0 Å². The molecule has 0 aliphatic carbocycles. The fraction of sp³-hybridized carbons (Fsp3) is 0.600. The molecule has 0 aromatic carbocycles. The Morgan fingerprint density at radius 2 is 1.36 bits per heavy atom. The quantitative estimate of drug-likeness (QED) is 0.531. The molecule has 0 unspecified atom stereocenters. The highest BCUT2D eigenvalue weighted by molar-refractivity contribution is 4.79. The van der Waals surface area contributed by atoms with Crippen molar-refractivity contribution in [1.82, 2.24) is 0 Å². The third kappa shape index (κ3) is 9.28. The summed E-state index contributed by atoms with van der Waals surface area (Å²) in [7, 11) is 0. The fourth-order valence-electron chi connectivity index (χ4n) is 0.626. The van der Waals surface area contributed by atoms with Crippen LogP contribution in [-0.4, -0.2) is 0 Å². The Morgan fingerprint density at radius 3 is 1.73 bits per heavy atom. The number of allylic oxidation sites excluding steroid dienone is 2. The van der Waals surface area contributed by atoms with E-state index >= 15 is 0 Å². The summed E-state index contributed by atoms with van der Waals surface area (Å²) in [6.45, 7) is 4.30. The van der Waals surface area contributed by atoms with Gasteiger partial charge in [-0.3, -0.25) is 0 Å². The first-order chi connectivity index (χ1) is 5.41. The summed E-state index contributed by atoms with van der Waals surface area (Å²) in [5.41, 5.74) is 0. The molecule has 0 spiro atoms. The molecule has 0 atom stereocenters. The summed E-state index contributed by atoms with van der Waals surface area (Å²) in [4.78, 5) is 0. The molecule has 0 fully saturated rings. The molecule has 0 radical (unpaired) electrons. The van der Waals surface area contributed by atoms with Crippen LogP contribution in [0.5, 0.6) is 0 Å². The molecule has 0 aromatic heterocycles. The molecular formula is C10H18O. The molecule has 0 saturated carbocycles. The first kappa shape index (κ1) is 10.3. The number of ether oxygens (including phenoxy) is 1. The van der Waals surface area contributed by atoms with E-state index in [1.807, 2.05) is 12.2 Å². The molecule has 0 heterocycles.